The molecule has 0 saturated carbocycles. The number of hydrogen-bond donors (Lipinski definition) is 1. The molecule has 1 spiro atoms. The molecule has 0 radical (unpaired) electrons. The van der Waals surface area contributed by atoms with Crippen LogP contribution in [0, 0.1) is 5.82 Å². The lowest BCUT2D eigenvalue weighted by Gasteiger charge is -2.39. The molecule has 2 aromatic rings. The zero-order valence-corrected chi connectivity index (χ0v) is 16.3. The van der Waals surface area contributed by atoms with E-state index in [9.17, 15) is 14.0 Å². The van der Waals surface area contributed by atoms with Crippen molar-refractivity contribution in [3.05, 3.63) is 58.0 Å². The number of rotatable bonds is 4. The number of amides is 2. The van der Waals surface area contributed by atoms with Gasteiger partial charge in [-0.2, -0.15) is 11.3 Å². The molecule has 148 valence electrons. The predicted octanol–water partition coefficient (Wildman–Crippen LogP) is 3.47. The average Bonchev–Trinajstić information content (AvgIpc) is 3.37. The molecule has 2 amide bonds. The monoisotopic (exact) mass is 402 g/mol. The summed E-state index contributed by atoms with van der Waals surface area (Å²) in [5.74, 6) is -0.854. The number of ether oxygens (including phenoxy) is 1. The van der Waals surface area contributed by atoms with E-state index < -0.39 is 11.7 Å². The predicted molar refractivity (Wildman–Crippen MR) is 105 cm³/mol. The zero-order chi connectivity index (χ0) is 19.6. The summed E-state index contributed by atoms with van der Waals surface area (Å²) in [5, 5.41) is 6.58. The van der Waals surface area contributed by atoms with Gasteiger partial charge in [0.15, 0.2) is 0 Å². The highest BCUT2D eigenvalue weighted by atomic mass is 32.1. The van der Waals surface area contributed by atoms with Crippen LogP contribution in [0.2, 0.25) is 0 Å². The topological polar surface area (TPSA) is 58.6 Å². The Morgan fingerprint density at radius 1 is 1.21 bits per heavy atom. The fourth-order valence-corrected chi connectivity index (χ4v) is 4.67. The van der Waals surface area contributed by atoms with E-state index in [1.165, 1.54) is 23.5 Å². The highest BCUT2D eigenvalue weighted by molar-refractivity contribution is 7.08. The number of piperidine rings is 1. The van der Waals surface area contributed by atoms with Gasteiger partial charge in [0.2, 0.25) is 0 Å². The number of hydrogen-bond acceptors (Lipinski definition) is 4. The van der Waals surface area contributed by atoms with Crippen LogP contribution in [0.25, 0.3) is 0 Å². The highest BCUT2D eigenvalue weighted by Crippen LogP contribution is 2.39. The zero-order valence-electron chi connectivity index (χ0n) is 15.5. The fraction of sp³-hybridized carbons (Fsp3) is 0.429. The Bertz CT molecular complexity index is 847. The van der Waals surface area contributed by atoms with Crippen LogP contribution in [0.5, 0.6) is 0 Å². The Kier molecular flexibility index (Phi) is 5.46. The van der Waals surface area contributed by atoms with E-state index in [1.54, 1.807) is 12.1 Å². The Morgan fingerprint density at radius 2 is 2.00 bits per heavy atom. The van der Waals surface area contributed by atoms with E-state index in [-0.39, 0.29) is 23.2 Å². The molecule has 0 bridgehead atoms. The van der Waals surface area contributed by atoms with E-state index in [2.05, 4.69) is 5.32 Å². The van der Waals surface area contributed by atoms with Gasteiger partial charge in [-0.05, 0) is 49.3 Å². The molecule has 2 aliphatic rings. The van der Waals surface area contributed by atoms with Gasteiger partial charge in [0.05, 0.1) is 22.8 Å². The molecule has 1 N–H and O–H groups in total. The Balaban J connectivity index is 1.27. The number of nitrogens with one attached hydrogen (secondary N) is 1. The van der Waals surface area contributed by atoms with Gasteiger partial charge in [-0.3, -0.25) is 9.59 Å². The van der Waals surface area contributed by atoms with Crippen LogP contribution in [0.15, 0.2) is 41.1 Å². The molecule has 1 unspecified atom stereocenters. The Hall–Kier alpha value is -2.25. The van der Waals surface area contributed by atoms with E-state index in [0.717, 1.165) is 31.2 Å². The van der Waals surface area contributed by atoms with Crippen LogP contribution in [0.3, 0.4) is 0 Å². The number of thiophene rings is 1. The minimum absolute atomic E-state index is 0.0514. The van der Waals surface area contributed by atoms with Crippen molar-refractivity contribution in [1.29, 1.82) is 0 Å². The van der Waals surface area contributed by atoms with Crippen LogP contribution in [0.4, 0.5) is 4.39 Å². The number of nitrogens with zero attached hydrogens (tertiary/aromatic N) is 1. The SMILES string of the molecule is O=C(NCC1CCC2(CCN(C(=O)c3ccsc3)CC2)O1)c1ccccc1F. The first-order valence-corrected chi connectivity index (χ1v) is 10.5. The number of halogens is 1. The molecule has 2 aliphatic heterocycles. The van der Waals surface area contributed by atoms with Gasteiger partial charge in [0, 0.05) is 25.0 Å². The summed E-state index contributed by atoms with van der Waals surface area (Å²) in [7, 11) is 0. The smallest absolute Gasteiger partial charge is 0.254 e. The van der Waals surface area contributed by atoms with Crippen molar-refractivity contribution in [3.63, 3.8) is 0 Å². The van der Waals surface area contributed by atoms with Crippen molar-refractivity contribution >= 4 is 23.2 Å². The van der Waals surface area contributed by atoms with Gasteiger partial charge in [-0.25, -0.2) is 4.39 Å². The Morgan fingerprint density at radius 3 is 2.71 bits per heavy atom. The number of benzene rings is 1. The van der Waals surface area contributed by atoms with Crippen LogP contribution < -0.4 is 5.32 Å². The molecule has 1 aromatic heterocycles. The fourth-order valence-electron chi connectivity index (χ4n) is 4.04. The van der Waals surface area contributed by atoms with Crippen molar-refractivity contribution in [2.45, 2.75) is 37.4 Å². The second-order valence-corrected chi connectivity index (χ2v) is 8.24. The van der Waals surface area contributed by atoms with Crippen molar-refractivity contribution in [2.24, 2.45) is 0 Å². The number of likely N-dealkylation sites (tertiary alicyclic amines) is 1. The third kappa shape index (κ3) is 3.95. The first-order valence-electron chi connectivity index (χ1n) is 9.58. The third-order valence-electron chi connectivity index (χ3n) is 5.68. The molecular weight excluding hydrogens is 379 g/mol. The summed E-state index contributed by atoms with van der Waals surface area (Å²) in [6.45, 7) is 1.73. The second kappa shape index (κ2) is 8.01. The lowest BCUT2D eigenvalue weighted by molar-refractivity contribution is -0.0712. The van der Waals surface area contributed by atoms with Gasteiger partial charge in [0.25, 0.3) is 11.8 Å². The van der Waals surface area contributed by atoms with Crippen molar-refractivity contribution in [2.75, 3.05) is 19.6 Å². The van der Waals surface area contributed by atoms with Gasteiger partial charge in [-0.1, -0.05) is 12.1 Å². The summed E-state index contributed by atoms with van der Waals surface area (Å²) in [5.41, 5.74) is 0.594. The average molecular weight is 402 g/mol. The first kappa shape index (κ1) is 19.1. The van der Waals surface area contributed by atoms with Gasteiger partial charge in [-0.15, -0.1) is 0 Å². The first-order chi connectivity index (χ1) is 13.6. The van der Waals surface area contributed by atoms with Crippen LogP contribution >= 0.6 is 11.3 Å². The minimum Gasteiger partial charge on any atom is -0.370 e. The third-order valence-corrected chi connectivity index (χ3v) is 6.36. The molecule has 2 saturated heterocycles. The summed E-state index contributed by atoms with van der Waals surface area (Å²) >= 11 is 1.53. The van der Waals surface area contributed by atoms with Crippen molar-refractivity contribution in [1.82, 2.24) is 10.2 Å². The second-order valence-electron chi connectivity index (χ2n) is 7.46. The molecule has 0 aliphatic carbocycles. The summed E-state index contributed by atoms with van der Waals surface area (Å²) in [6, 6.07) is 7.82. The van der Waals surface area contributed by atoms with E-state index in [0.29, 0.717) is 19.6 Å². The summed E-state index contributed by atoms with van der Waals surface area (Å²) in [6.07, 6.45) is 3.32. The quantitative estimate of drug-likeness (QED) is 0.852. The largest absolute Gasteiger partial charge is 0.370 e. The molecule has 4 rings (SSSR count). The van der Waals surface area contributed by atoms with Crippen molar-refractivity contribution < 1.29 is 18.7 Å². The minimum atomic E-state index is -0.522. The van der Waals surface area contributed by atoms with Gasteiger partial charge in [0.1, 0.15) is 5.82 Å². The molecular formula is C21H23FN2O3S. The van der Waals surface area contributed by atoms with Gasteiger partial charge < -0.3 is 15.0 Å². The van der Waals surface area contributed by atoms with Crippen LogP contribution in [-0.4, -0.2) is 48.1 Å². The maximum atomic E-state index is 13.7. The standard InChI is InChI=1S/C21H23FN2O3S/c22-18-4-2-1-3-17(18)19(25)23-13-16-5-7-21(27-16)8-10-24(11-9-21)20(26)15-6-12-28-14-15/h1-4,6,12,14,16H,5,7-11,13H2,(H,23,25). The van der Waals surface area contributed by atoms with Crippen molar-refractivity contribution in [3.8, 4) is 0 Å². The summed E-state index contributed by atoms with van der Waals surface area (Å²) < 4.78 is 20.0. The molecule has 7 heteroatoms. The molecule has 1 aromatic carbocycles. The maximum absolute atomic E-state index is 13.7. The van der Waals surface area contributed by atoms with E-state index >= 15 is 0 Å². The van der Waals surface area contributed by atoms with Crippen LogP contribution in [0.1, 0.15) is 46.4 Å². The lowest BCUT2D eigenvalue weighted by Crippen LogP contribution is -2.47. The van der Waals surface area contributed by atoms with Gasteiger partial charge >= 0.3 is 0 Å². The molecule has 1 atom stereocenters. The van der Waals surface area contributed by atoms with E-state index in [1.807, 2.05) is 21.7 Å². The number of carbonyl (C=O) groups is 2. The normalized spacial score (nSPS) is 21.0. The highest BCUT2D eigenvalue weighted by Gasteiger charge is 2.43. The molecule has 3 heterocycles. The van der Waals surface area contributed by atoms with Crippen LogP contribution in [-0.2, 0) is 4.74 Å². The lowest BCUT2D eigenvalue weighted by atomic mass is 9.88. The molecule has 28 heavy (non-hydrogen) atoms. The maximum Gasteiger partial charge on any atom is 0.254 e. The molecule has 2 fully saturated rings. The molecule has 5 nitrogen and oxygen atoms in total. The number of carbonyl (C=O) groups excluding carboxylic acids is 2. The van der Waals surface area contributed by atoms with E-state index in [4.69, 9.17) is 4.74 Å². The Labute approximate surface area is 167 Å². The summed E-state index contributed by atoms with van der Waals surface area (Å²) in [4.78, 5) is 26.5.